The summed E-state index contributed by atoms with van der Waals surface area (Å²) in [6.45, 7) is 7.26. The van der Waals surface area contributed by atoms with Crippen LogP contribution in [0.5, 0.6) is 0 Å². The van der Waals surface area contributed by atoms with Crippen LogP contribution in [-0.2, 0) is 0 Å². The van der Waals surface area contributed by atoms with Crippen molar-refractivity contribution in [1.82, 2.24) is 5.32 Å². The molecule has 0 aliphatic heterocycles. The summed E-state index contributed by atoms with van der Waals surface area (Å²) in [6, 6.07) is 6.11. The molecule has 108 valence electrons. The number of aliphatic hydroxyl groups excluding tert-OH is 1. The van der Waals surface area contributed by atoms with Crippen molar-refractivity contribution in [1.29, 1.82) is 0 Å². The van der Waals surface area contributed by atoms with Gasteiger partial charge in [0.2, 0.25) is 0 Å². The van der Waals surface area contributed by atoms with Crippen molar-refractivity contribution in [3.8, 4) is 0 Å². The molecular weight excluding hydrogens is 241 g/mol. The summed E-state index contributed by atoms with van der Waals surface area (Å²) >= 11 is 0. The van der Waals surface area contributed by atoms with Crippen LogP contribution >= 0.6 is 0 Å². The number of halogens is 1. The van der Waals surface area contributed by atoms with Gasteiger partial charge in [0.1, 0.15) is 5.82 Å². The Morgan fingerprint density at radius 1 is 1.16 bits per heavy atom. The number of unbranched alkanes of at least 4 members (excludes halogenated alkanes) is 2. The Balaban J connectivity index is 2.61. The van der Waals surface area contributed by atoms with Crippen molar-refractivity contribution in [2.45, 2.75) is 52.2 Å². The number of aliphatic hydroxyl groups is 1. The lowest BCUT2D eigenvalue weighted by Gasteiger charge is -2.28. The van der Waals surface area contributed by atoms with E-state index in [0.29, 0.717) is 5.92 Å². The quantitative estimate of drug-likeness (QED) is 0.704. The summed E-state index contributed by atoms with van der Waals surface area (Å²) in [5, 5.41) is 13.8. The monoisotopic (exact) mass is 267 g/mol. The maximum absolute atomic E-state index is 12.9. The van der Waals surface area contributed by atoms with Crippen LogP contribution in [0, 0.1) is 11.7 Å². The standard InChI is InChI=1S/C16H26FNO/c1-4-5-6-11-18-15(12(2)3)16(19)13-7-9-14(17)10-8-13/h7-10,12,15-16,18-19H,4-6,11H2,1-3H3. The fraction of sp³-hybridized carbons (Fsp3) is 0.625. The lowest BCUT2D eigenvalue weighted by molar-refractivity contribution is 0.105. The Morgan fingerprint density at radius 3 is 2.32 bits per heavy atom. The molecule has 3 heteroatoms. The molecule has 0 bridgehead atoms. The molecule has 0 radical (unpaired) electrons. The zero-order chi connectivity index (χ0) is 14.3. The van der Waals surface area contributed by atoms with Gasteiger partial charge in [0.25, 0.3) is 0 Å². The maximum Gasteiger partial charge on any atom is 0.123 e. The minimum Gasteiger partial charge on any atom is -0.387 e. The summed E-state index contributed by atoms with van der Waals surface area (Å²) in [7, 11) is 0. The van der Waals surface area contributed by atoms with E-state index >= 15 is 0 Å². The van der Waals surface area contributed by atoms with Crippen LogP contribution in [0.1, 0.15) is 51.7 Å². The van der Waals surface area contributed by atoms with Crippen molar-refractivity contribution in [2.75, 3.05) is 6.54 Å². The van der Waals surface area contributed by atoms with Crippen LogP contribution in [0.4, 0.5) is 4.39 Å². The van der Waals surface area contributed by atoms with Crippen LogP contribution in [0.2, 0.25) is 0 Å². The lowest BCUT2D eigenvalue weighted by atomic mass is 9.93. The minimum absolute atomic E-state index is 0.00215. The van der Waals surface area contributed by atoms with Gasteiger partial charge in [-0.1, -0.05) is 45.7 Å². The highest BCUT2D eigenvalue weighted by Crippen LogP contribution is 2.22. The normalized spacial score (nSPS) is 14.6. The topological polar surface area (TPSA) is 32.3 Å². The first kappa shape index (κ1) is 16.1. The molecule has 0 saturated heterocycles. The lowest BCUT2D eigenvalue weighted by Crippen LogP contribution is -2.39. The molecule has 2 nitrogen and oxygen atoms in total. The molecule has 1 rings (SSSR count). The largest absolute Gasteiger partial charge is 0.387 e. The Morgan fingerprint density at radius 2 is 1.79 bits per heavy atom. The first-order valence-electron chi connectivity index (χ1n) is 7.23. The molecule has 0 spiro atoms. The molecule has 0 amide bonds. The first-order valence-corrected chi connectivity index (χ1v) is 7.23. The Bertz CT molecular complexity index is 350. The highest BCUT2D eigenvalue weighted by Gasteiger charge is 2.23. The minimum atomic E-state index is -0.595. The summed E-state index contributed by atoms with van der Waals surface area (Å²) in [4.78, 5) is 0. The van der Waals surface area contributed by atoms with Crippen molar-refractivity contribution in [2.24, 2.45) is 5.92 Å². The molecule has 2 atom stereocenters. The molecule has 0 aromatic heterocycles. The number of benzene rings is 1. The zero-order valence-corrected chi connectivity index (χ0v) is 12.2. The van der Waals surface area contributed by atoms with Gasteiger partial charge in [-0.2, -0.15) is 0 Å². The van der Waals surface area contributed by atoms with Gasteiger partial charge in [0, 0.05) is 6.04 Å². The van der Waals surface area contributed by atoms with Crippen LogP contribution in [0.15, 0.2) is 24.3 Å². The van der Waals surface area contributed by atoms with Crippen molar-refractivity contribution >= 4 is 0 Å². The number of rotatable bonds is 8. The van der Waals surface area contributed by atoms with Gasteiger partial charge in [-0.05, 0) is 36.6 Å². The molecule has 0 fully saturated rings. The van der Waals surface area contributed by atoms with E-state index in [0.717, 1.165) is 18.5 Å². The fourth-order valence-corrected chi connectivity index (χ4v) is 2.22. The molecule has 0 saturated carbocycles. The van der Waals surface area contributed by atoms with E-state index < -0.39 is 6.10 Å². The second-order valence-electron chi connectivity index (χ2n) is 5.43. The average molecular weight is 267 g/mol. The Hall–Kier alpha value is -0.930. The number of hydrogen-bond acceptors (Lipinski definition) is 2. The van der Waals surface area contributed by atoms with Gasteiger partial charge in [-0.25, -0.2) is 4.39 Å². The van der Waals surface area contributed by atoms with Crippen molar-refractivity contribution in [3.05, 3.63) is 35.6 Å². The Labute approximate surface area is 116 Å². The summed E-state index contributed by atoms with van der Waals surface area (Å²) in [5.74, 6) is 0.0506. The zero-order valence-electron chi connectivity index (χ0n) is 12.2. The molecule has 19 heavy (non-hydrogen) atoms. The van der Waals surface area contributed by atoms with Gasteiger partial charge in [-0.15, -0.1) is 0 Å². The highest BCUT2D eigenvalue weighted by molar-refractivity contribution is 5.20. The van der Waals surface area contributed by atoms with Crippen LogP contribution in [0.3, 0.4) is 0 Å². The fourth-order valence-electron chi connectivity index (χ4n) is 2.22. The number of hydrogen-bond donors (Lipinski definition) is 2. The van der Waals surface area contributed by atoms with Crippen LogP contribution in [-0.4, -0.2) is 17.7 Å². The summed E-state index contributed by atoms with van der Waals surface area (Å²) < 4.78 is 12.9. The van der Waals surface area contributed by atoms with E-state index in [9.17, 15) is 9.50 Å². The van der Waals surface area contributed by atoms with E-state index in [1.165, 1.54) is 25.0 Å². The molecule has 0 heterocycles. The second kappa shape index (κ2) is 8.28. The third-order valence-electron chi connectivity index (χ3n) is 3.43. The first-order chi connectivity index (χ1) is 9.06. The maximum atomic E-state index is 12.9. The third kappa shape index (κ3) is 5.29. The summed E-state index contributed by atoms with van der Waals surface area (Å²) in [5.41, 5.74) is 0.767. The Kier molecular flexibility index (Phi) is 7.03. The molecular formula is C16H26FNO. The van der Waals surface area contributed by atoms with Gasteiger partial charge in [0.05, 0.1) is 6.10 Å². The molecule has 0 aliphatic rings. The average Bonchev–Trinajstić information content (AvgIpc) is 2.38. The molecule has 1 aromatic rings. The molecule has 2 unspecified atom stereocenters. The summed E-state index contributed by atoms with van der Waals surface area (Å²) in [6.07, 6.45) is 2.91. The molecule has 2 N–H and O–H groups in total. The van der Waals surface area contributed by atoms with E-state index in [1.807, 2.05) is 0 Å². The van der Waals surface area contributed by atoms with E-state index in [4.69, 9.17) is 0 Å². The molecule has 0 aliphatic carbocycles. The SMILES string of the molecule is CCCCCNC(C(C)C)C(O)c1ccc(F)cc1. The third-order valence-corrected chi connectivity index (χ3v) is 3.43. The smallest absolute Gasteiger partial charge is 0.123 e. The van der Waals surface area contributed by atoms with Crippen LogP contribution in [0.25, 0.3) is 0 Å². The second-order valence-corrected chi connectivity index (χ2v) is 5.43. The molecule has 1 aromatic carbocycles. The highest BCUT2D eigenvalue weighted by atomic mass is 19.1. The van der Waals surface area contributed by atoms with E-state index in [2.05, 4.69) is 26.1 Å². The van der Waals surface area contributed by atoms with Gasteiger partial charge >= 0.3 is 0 Å². The number of nitrogens with one attached hydrogen (secondary N) is 1. The van der Waals surface area contributed by atoms with Crippen LogP contribution < -0.4 is 5.32 Å². The van der Waals surface area contributed by atoms with Gasteiger partial charge in [-0.3, -0.25) is 0 Å². The predicted octanol–water partition coefficient (Wildman–Crippen LogP) is 3.66. The van der Waals surface area contributed by atoms with Crippen molar-refractivity contribution < 1.29 is 9.50 Å². The van der Waals surface area contributed by atoms with Gasteiger partial charge < -0.3 is 10.4 Å². The van der Waals surface area contributed by atoms with Crippen molar-refractivity contribution in [3.63, 3.8) is 0 Å². The van der Waals surface area contributed by atoms with E-state index in [-0.39, 0.29) is 11.9 Å². The predicted molar refractivity (Wildman–Crippen MR) is 77.5 cm³/mol. The van der Waals surface area contributed by atoms with E-state index in [1.54, 1.807) is 12.1 Å². The van der Waals surface area contributed by atoms with Gasteiger partial charge in [0.15, 0.2) is 0 Å².